The monoisotopic (exact) mass is 235 g/mol. The largest absolute Gasteiger partial charge is 0.336 e. The van der Waals surface area contributed by atoms with Gasteiger partial charge in [-0.1, -0.05) is 11.6 Å². The second-order valence-electron chi connectivity index (χ2n) is 3.08. The Hall–Kier alpha value is -1.39. The Morgan fingerprint density at radius 3 is 3.00 bits per heavy atom. The molecule has 0 amide bonds. The van der Waals surface area contributed by atoms with Crippen LogP contribution in [0.15, 0.2) is 29.9 Å². The van der Waals surface area contributed by atoms with Crippen LogP contribution in [-0.4, -0.2) is 15.0 Å². The van der Waals surface area contributed by atoms with Crippen LogP contribution in [0.4, 0.5) is 0 Å². The minimum absolute atomic E-state index is 0.729. The van der Waals surface area contributed by atoms with Gasteiger partial charge < -0.3 is 4.98 Å². The normalized spacial score (nSPS) is 11.0. The lowest BCUT2D eigenvalue weighted by molar-refractivity contribution is 1.34. The molecule has 0 saturated heterocycles. The van der Waals surface area contributed by atoms with Crippen LogP contribution in [0.3, 0.4) is 0 Å². The van der Waals surface area contributed by atoms with Gasteiger partial charge in [-0.3, -0.25) is 4.98 Å². The van der Waals surface area contributed by atoms with Crippen LogP contribution in [0.1, 0.15) is 0 Å². The van der Waals surface area contributed by atoms with E-state index in [9.17, 15) is 0 Å². The fourth-order valence-corrected chi connectivity index (χ4v) is 2.52. The van der Waals surface area contributed by atoms with Gasteiger partial charge in [0.2, 0.25) is 0 Å². The topological polar surface area (TPSA) is 41.6 Å². The van der Waals surface area contributed by atoms with Crippen molar-refractivity contribution in [3.05, 3.63) is 34.9 Å². The first-order valence-electron chi connectivity index (χ1n) is 4.38. The summed E-state index contributed by atoms with van der Waals surface area (Å²) in [4.78, 5) is 12.6. The molecule has 3 rings (SSSR count). The Labute approximate surface area is 94.8 Å². The third-order valence-corrected chi connectivity index (χ3v) is 3.46. The number of rotatable bonds is 1. The van der Waals surface area contributed by atoms with Crippen molar-refractivity contribution < 1.29 is 0 Å². The number of nitrogens with one attached hydrogen (secondary N) is 1. The number of halogens is 1. The number of hydrogen-bond acceptors (Lipinski definition) is 3. The van der Waals surface area contributed by atoms with Crippen molar-refractivity contribution >= 4 is 34.0 Å². The predicted molar refractivity (Wildman–Crippen MR) is 62.2 cm³/mol. The average molecular weight is 236 g/mol. The maximum Gasteiger partial charge on any atom is 0.150 e. The molecule has 3 aromatic rings. The third-order valence-electron chi connectivity index (χ3n) is 2.12. The molecule has 0 fully saturated rings. The van der Waals surface area contributed by atoms with Crippen LogP contribution in [-0.2, 0) is 0 Å². The number of H-pyrrole nitrogens is 1. The van der Waals surface area contributed by atoms with E-state index < -0.39 is 0 Å². The van der Waals surface area contributed by atoms with Gasteiger partial charge in [0, 0.05) is 6.20 Å². The lowest BCUT2D eigenvalue weighted by Crippen LogP contribution is -1.74. The van der Waals surface area contributed by atoms with E-state index in [1.165, 1.54) is 0 Å². The highest BCUT2D eigenvalue weighted by atomic mass is 35.5. The van der Waals surface area contributed by atoms with Crippen molar-refractivity contribution in [2.75, 3.05) is 0 Å². The van der Waals surface area contributed by atoms with Gasteiger partial charge in [0.05, 0.1) is 27.1 Å². The average Bonchev–Trinajstić information content (AvgIpc) is 2.82. The zero-order valence-electron chi connectivity index (χ0n) is 7.57. The van der Waals surface area contributed by atoms with Crippen molar-refractivity contribution in [3.63, 3.8) is 0 Å². The van der Waals surface area contributed by atoms with E-state index in [1.54, 1.807) is 23.7 Å². The SMILES string of the molecule is Clc1ccsc1-c1nc2ccncc2[nH]1. The molecule has 0 spiro atoms. The summed E-state index contributed by atoms with van der Waals surface area (Å²) in [5, 5.41) is 2.68. The van der Waals surface area contributed by atoms with E-state index >= 15 is 0 Å². The Morgan fingerprint density at radius 2 is 2.27 bits per heavy atom. The fraction of sp³-hybridized carbons (Fsp3) is 0. The number of thiophene rings is 1. The van der Waals surface area contributed by atoms with E-state index in [2.05, 4.69) is 15.0 Å². The molecule has 0 atom stereocenters. The summed E-state index contributed by atoms with van der Waals surface area (Å²) in [6, 6.07) is 3.74. The highest BCUT2D eigenvalue weighted by Gasteiger charge is 2.09. The molecular formula is C10H6ClN3S. The summed E-state index contributed by atoms with van der Waals surface area (Å²) in [7, 11) is 0. The smallest absolute Gasteiger partial charge is 0.150 e. The Balaban J connectivity index is 2.24. The number of hydrogen-bond donors (Lipinski definition) is 1. The Bertz CT molecular complexity index is 581. The second-order valence-corrected chi connectivity index (χ2v) is 4.40. The van der Waals surface area contributed by atoms with Gasteiger partial charge in [0.1, 0.15) is 5.82 Å². The highest BCUT2D eigenvalue weighted by molar-refractivity contribution is 7.14. The molecule has 5 heteroatoms. The van der Waals surface area contributed by atoms with Gasteiger partial charge in [-0.05, 0) is 17.5 Å². The summed E-state index contributed by atoms with van der Waals surface area (Å²) in [5.41, 5.74) is 1.83. The maximum atomic E-state index is 6.04. The van der Waals surface area contributed by atoms with Crippen LogP contribution in [0.2, 0.25) is 5.02 Å². The summed E-state index contributed by atoms with van der Waals surface area (Å²) in [5.74, 6) is 0.804. The molecule has 0 aliphatic heterocycles. The Morgan fingerprint density at radius 1 is 1.33 bits per heavy atom. The zero-order chi connectivity index (χ0) is 10.3. The van der Waals surface area contributed by atoms with Crippen molar-refractivity contribution in [1.29, 1.82) is 0 Å². The van der Waals surface area contributed by atoms with Gasteiger partial charge in [0.15, 0.2) is 0 Å². The van der Waals surface area contributed by atoms with Crippen LogP contribution in [0.25, 0.3) is 21.7 Å². The zero-order valence-corrected chi connectivity index (χ0v) is 9.14. The molecule has 0 saturated carbocycles. The standard InChI is InChI=1S/C10H6ClN3S/c11-6-2-4-15-9(6)10-13-7-1-3-12-5-8(7)14-10/h1-5H,(H,13,14). The number of imidazole rings is 1. The van der Waals surface area contributed by atoms with Gasteiger partial charge in [-0.2, -0.15) is 0 Å². The molecule has 3 aromatic heterocycles. The molecule has 3 nitrogen and oxygen atoms in total. The quantitative estimate of drug-likeness (QED) is 0.703. The van der Waals surface area contributed by atoms with Crippen LogP contribution < -0.4 is 0 Å². The molecule has 0 aliphatic carbocycles. The molecule has 1 N–H and O–H groups in total. The molecule has 0 unspecified atom stereocenters. The van der Waals surface area contributed by atoms with E-state index in [4.69, 9.17) is 11.6 Å². The molecule has 0 radical (unpaired) electrons. The number of aromatic amines is 1. The molecular weight excluding hydrogens is 230 g/mol. The molecule has 3 heterocycles. The minimum Gasteiger partial charge on any atom is -0.336 e. The molecule has 15 heavy (non-hydrogen) atoms. The number of fused-ring (bicyclic) bond motifs is 1. The van der Waals surface area contributed by atoms with Gasteiger partial charge in [-0.15, -0.1) is 11.3 Å². The lowest BCUT2D eigenvalue weighted by Gasteiger charge is -1.89. The fourth-order valence-electron chi connectivity index (χ4n) is 1.43. The first kappa shape index (κ1) is 8.88. The van der Waals surface area contributed by atoms with E-state index in [-0.39, 0.29) is 0 Å². The first-order chi connectivity index (χ1) is 7.34. The summed E-state index contributed by atoms with van der Waals surface area (Å²) < 4.78 is 0. The Kier molecular flexibility index (Phi) is 1.97. The summed E-state index contributed by atoms with van der Waals surface area (Å²) in [6.07, 6.45) is 3.48. The van der Waals surface area contributed by atoms with Crippen molar-refractivity contribution in [1.82, 2.24) is 15.0 Å². The highest BCUT2D eigenvalue weighted by Crippen LogP contribution is 2.32. The maximum absolute atomic E-state index is 6.04. The van der Waals surface area contributed by atoms with Crippen LogP contribution >= 0.6 is 22.9 Å². The second kappa shape index (κ2) is 3.32. The van der Waals surface area contributed by atoms with E-state index in [0.29, 0.717) is 0 Å². The van der Waals surface area contributed by atoms with E-state index in [0.717, 1.165) is 26.8 Å². The number of pyridine rings is 1. The lowest BCUT2D eigenvalue weighted by atomic mass is 10.4. The van der Waals surface area contributed by atoms with Gasteiger partial charge in [-0.25, -0.2) is 4.98 Å². The van der Waals surface area contributed by atoms with E-state index in [1.807, 2.05) is 17.5 Å². The predicted octanol–water partition coefficient (Wildman–Crippen LogP) is 3.34. The van der Waals surface area contributed by atoms with Crippen molar-refractivity contribution in [2.24, 2.45) is 0 Å². The number of nitrogens with zero attached hydrogens (tertiary/aromatic N) is 2. The van der Waals surface area contributed by atoms with Crippen molar-refractivity contribution in [2.45, 2.75) is 0 Å². The van der Waals surface area contributed by atoms with Crippen LogP contribution in [0.5, 0.6) is 0 Å². The first-order valence-corrected chi connectivity index (χ1v) is 5.63. The minimum atomic E-state index is 0.729. The number of aromatic nitrogens is 3. The van der Waals surface area contributed by atoms with Gasteiger partial charge >= 0.3 is 0 Å². The molecule has 0 bridgehead atoms. The van der Waals surface area contributed by atoms with Crippen LogP contribution in [0, 0.1) is 0 Å². The molecule has 0 aromatic carbocycles. The molecule has 74 valence electrons. The molecule has 0 aliphatic rings. The summed E-state index contributed by atoms with van der Waals surface area (Å²) >= 11 is 7.61. The third kappa shape index (κ3) is 1.42. The van der Waals surface area contributed by atoms with Crippen molar-refractivity contribution in [3.8, 4) is 10.7 Å². The van der Waals surface area contributed by atoms with Gasteiger partial charge in [0.25, 0.3) is 0 Å². The summed E-state index contributed by atoms with van der Waals surface area (Å²) in [6.45, 7) is 0.